The van der Waals surface area contributed by atoms with Crippen molar-refractivity contribution in [1.82, 2.24) is 15.3 Å². The van der Waals surface area contributed by atoms with Crippen LogP contribution in [-0.2, 0) is 9.53 Å². The molecule has 2 atom stereocenters. The summed E-state index contributed by atoms with van der Waals surface area (Å²) >= 11 is 12.2. The van der Waals surface area contributed by atoms with E-state index in [9.17, 15) is 4.79 Å². The second-order valence-electron chi connectivity index (χ2n) is 7.78. The molecule has 0 saturated carbocycles. The van der Waals surface area contributed by atoms with Gasteiger partial charge in [-0.05, 0) is 55.2 Å². The van der Waals surface area contributed by atoms with Crippen molar-refractivity contribution >= 4 is 40.0 Å². The van der Waals surface area contributed by atoms with E-state index in [2.05, 4.69) is 15.3 Å². The van der Waals surface area contributed by atoms with E-state index in [4.69, 9.17) is 27.9 Å². The molecule has 1 fully saturated rings. The number of hydrogen-bond donors (Lipinski definition) is 2. The zero-order chi connectivity index (χ0) is 20.4. The largest absolute Gasteiger partial charge is 0.373 e. The molecule has 4 rings (SSSR count). The minimum Gasteiger partial charge on any atom is -0.373 e. The summed E-state index contributed by atoms with van der Waals surface area (Å²) in [5.74, 6) is -0.206. The summed E-state index contributed by atoms with van der Waals surface area (Å²) in [6.07, 6.45) is 5.94. The number of ether oxygens (including phenoxy) is 1. The molecule has 1 saturated heterocycles. The zero-order valence-electron chi connectivity index (χ0n) is 16.2. The first kappa shape index (κ1) is 20.2. The highest BCUT2D eigenvalue weighted by Gasteiger charge is 2.30. The molecule has 7 heteroatoms. The summed E-state index contributed by atoms with van der Waals surface area (Å²) in [5, 5.41) is 5.12. The van der Waals surface area contributed by atoms with Crippen LogP contribution >= 0.6 is 23.2 Å². The number of aromatic nitrogens is 2. The van der Waals surface area contributed by atoms with Crippen molar-refractivity contribution in [2.75, 3.05) is 13.2 Å². The molecular formula is C22H23Cl2N3O2. The second-order valence-corrected chi connectivity index (χ2v) is 8.61. The van der Waals surface area contributed by atoms with Crippen LogP contribution in [0.1, 0.15) is 43.2 Å². The summed E-state index contributed by atoms with van der Waals surface area (Å²) in [6, 6.07) is 9.37. The molecule has 0 aliphatic carbocycles. The lowest BCUT2D eigenvalue weighted by Gasteiger charge is -2.24. The maximum absolute atomic E-state index is 12.8. The fraction of sp³-hybridized carbons (Fsp3) is 0.364. The van der Waals surface area contributed by atoms with Gasteiger partial charge in [-0.2, -0.15) is 0 Å². The maximum atomic E-state index is 12.8. The van der Waals surface area contributed by atoms with Gasteiger partial charge < -0.3 is 15.0 Å². The van der Waals surface area contributed by atoms with Crippen molar-refractivity contribution in [2.45, 2.75) is 37.7 Å². The Bertz CT molecular complexity index is 1010. The molecule has 5 nitrogen and oxygen atoms in total. The number of rotatable bonds is 6. The van der Waals surface area contributed by atoms with Crippen LogP contribution in [0.25, 0.3) is 10.9 Å². The van der Waals surface area contributed by atoms with Gasteiger partial charge in [-0.3, -0.25) is 4.79 Å². The van der Waals surface area contributed by atoms with Gasteiger partial charge in [0.25, 0.3) is 0 Å². The molecule has 1 amide bonds. The number of H-pyrrole nitrogens is 1. The van der Waals surface area contributed by atoms with Gasteiger partial charge in [0.2, 0.25) is 5.91 Å². The molecule has 3 heterocycles. The lowest BCUT2D eigenvalue weighted by Crippen LogP contribution is -2.40. The summed E-state index contributed by atoms with van der Waals surface area (Å²) in [4.78, 5) is 20.3. The predicted octanol–water partition coefficient (Wildman–Crippen LogP) is 5.08. The SMILES string of the molecule is CC1(CNC(=O)CC(c2ccc(Cl)nc2)c2c[nH]c3ccc(Cl)cc23)CCCO1. The average molecular weight is 432 g/mol. The van der Waals surface area contributed by atoms with Gasteiger partial charge in [0, 0.05) is 53.8 Å². The Labute approximate surface area is 179 Å². The van der Waals surface area contributed by atoms with E-state index in [0.29, 0.717) is 23.1 Å². The van der Waals surface area contributed by atoms with E-state index in [0.717, 1.165) is 41.5 Å². The fourth-order valence-corrected chi connectivity index (χ4v) is 4.21. The lowest BCUT2D eigenvalue weighted by atomic mass is 9.89. The summed E-state index contributed by atoms with van der Waals surface area (Å²) in [6.45, 7) is 3.31. The van der Waals surface area contributed by atoms with Crippen LogP contribution in [0.3, 0.4) is 0 Å². The molecule has 0 radical (unpaired) electrons. The zero-order valence-corrected chi connectivity index (χ0v) is 17.7. The first-order valence-corrected chi connectivity index (χ1v) is 10.5. The van der Waals surface area contributed by atoms with Gasteiger partial charge in [0.1, 0.15) is 5.15 Å². The Morgan fingerprint density at radius 3 is 2.93 bits per heavy atom. The summed E-state index contributed by atoms with van der Waals surface area (Å²) in [7, 11) is 0. The predicted molar refractivity (Wildman–Crippen MR) is 116 cm³/mol. The van der Waals surface area contributed by atoms with Gasteiger partial charge in [-0.25, -0.2) is 4.98 Å². The van der Waals surface area contributed by atoms with Crippen LogP contribution in [0.4, 0.5) is 0 Å². The van der Waals surface area contributed by atoms with Crippen LogP contribution in [0.15, 0.2) is 42.7 Å². The van der Waals surface area contributed by atoms with Crippen molar-refractivity contribution in [3.8, 4) is 0 Å². The number of halogens is 2. The molecule has 2 N–H and O–H groups in total. The monoisotopic (exact) mass is 431 g/mol. The van der Waals surface area contributed by atoms with E-state index in [1.54, 1.807) is 12.3 Å². The number of pyridine rings is 1. The van der Waals surface area contributed by atoms with E-state index in [-0.39, 0.29) is 17.4 Å². The third-order valence-corrected chi connectivity index (χ3v) is 6.01. The number of hydrogen-bond acceptors (Lipinski definition) is 3. The summed E-state index contributed by atoms with van der Waals surface area (Å²) < 4.78 is 5.78. The number of carbonyl (C=O) groups excluding carboxylic acids is 1. The molecule has 0 spiro atoms. The number of fused-ring (bicyclic) bond motifs is 1. The Morgan fingerprint density at radius 1 is 1.34 bits per heavy atom. The standard InChI is InChI=1S/C22H23Cl2N3O2/c1-22(7-2-8-29-22)13-27-21(28)10-16(14-3-6-20(24)26-11-14)18-12-25-19-5-4-15(23)9-17(18)19/h3-6,9,11-12,16,25H,2,7-8,10,13H2,1H3,(H,27,28). The lowest BCUT2D eigenvalue weighted by molar-refractivity contribution is -0.122. The number of aromatic amines is 1. The van der Waals surface area contributed by atoms with Gasteiger partial charge in [0.15, 0.2) is 0 Å². The summed E-state index contributed by atoms with van der Waals surface area (Å²) in [5.41, 5.74) is 2.63. The third kappa shape index (κ3) is 4.58. The van der Waals surface area contributed by atoms with Gasteiger partial charge in [-0.1, -0.05) is 29.3 Å². The quantitative estimate of drug-likeness (QED) is 0.534. The van der Waals surface area contributed by atoms with Crippen LogP contribution in [0.2, 0.25) is 10.2 Å². The molecule has 2 aromatic heterocycles. The highest BCUT2D eigenvalue weighted by Crippen LogP contribution is 2.34. The van der Waals surface area contributed by atoms with Gasteiger partial charge in [0.05, 0.1) is 5.60 Å². The Balaban J connectivity index is 1.61. The van der Waals surface area contributed by atoms with Gasteiger partial charge in [-0.15, -0.1) is 0 Å². The number of nitrogens with zero attached hydrogens (tertiary/aromatic N) is 1. The van der Waals surface area contributed by atoms with Crippen LogP contribution in [0, 0.1) is 0 Å². The van der Waals surface area contributed by atoms with Crippen molar-refractivity contribution in [3.05, 3.63) is 64.0 Å². The fourth-order valence-electron chi connectivity index (χ4n) is 3.92. The Morgan fingerprint density at radius 2 is 2.21 bits per heavy atom. The van der Waals surface area contributed by atoms with Gasteiger partial charge >= 0.3 is 0 Å². The van der Waals surface area contributed by atoms with E-state index >= 15 is 0 Å². The number of nitrogens with one attached hydrogen (secondary N) is 2. The molecule has 152 valence electrons. The Hall–Kier alpha value is -2.08. The van der Waals surface area contributed by atoms with Crippen molar-refractivity contribution in [1.29, 1.82) is 0 Å². The van der Waals surface area contributed by atoms with Crippen LogP contribution < -0.4 is 5.32 Å². The second kappa shape index (κ2) is 8.34. The molecule has 29 heavy (non-hydrogen) atoms. The topological polar surface area (TPSA) is 67.0 Å². The number of amides is 1. The van der Waals surface area contributed by atoms with E-state index in [1.165, 1.54) is 0 Å². The number of benzene rings is 1. The van der Waals surface area contributed by atoms with Crippen LogP contribution in [0.5, 0.6) is 0 Å². The van der Waals surface area contributed by atoms with E-state index < -0.39 is 0 Å². The smallest absolute Gasteiger partial charge is 0.221 e. The Kier molecular flexibility index (Phi) is 5.81. The molecule has 0 bridgehead atoms. The molecule has 1 aliphatic heterocycles. The highest BCUT2D eigenvalue weighted by atomic mass is 35.5. The van der Waals surface area contributed by atoms with Crippen molar-refractivity contribution in [3.63, 3.8) is 0 Å². The third-order valence-electron chi connectivity index (χ3n) is 5.55. The first-order chi connectivity index (χ1) is 13.9. The first-order valence-electron chi connectivity index (χ1n) is 9.72. The minimum absolute atomic E-state index is 0.0296. The van der Waals surface area contributed by atoms with E-state index in [1.807, 2.05) is 37.4 Å². The van der Waals surface area contributed by atoms with Crippen LogP contribution in [-0.4, -0.2) is 34.6 Å². The van der Waals surface area contributed by atoms with Crippen molar-refractivity contribution < 1.29 is 9.53 Å². The maximum Gasteiger partial charge on any atom is 0.221 e. The molecule has 3 aromatic rings. The highest BCUT2D eigenvalue weighted by molar-refractivity contribution is 6.31. The normalized spacial score (nSPS) is 20.1. The molecule has 1 aliphatic rings. The van der Waals surface area contributed by atoms with Crippen molar-refractivity contribution in [2.24, 2.45) is 0 Å². The molecular weight excluding hydrogens is 409 g/mol. The molecule has 2 unspecified atom stereocenters. The minimum atomic E-state index is -0.276. The molecule has 1 aromatic carbocycles. The average Bonchev–Trinajstić information content (AvgIpc) is 3.32. The number of carbonyl (C=O) groups is 1.